The normalized spacial score (nSPS) is 11.4. The van der Waals surface area contributed by atoms with Gasteiger partial charge in [-0.2, -0.15) is 0 Å². The van der Waals surface area contributed by atoms with Gasteiger partial charge in [-0.15, -0.1) is 0 Å². The molecule has 0 atom stereocenters. The molecule has 3 aromatic carbocycles. The number of fused-ring (bicyclic) bond motifs is 1. The van der Waals surface area contributed by atoms with Crippen molar-refractivity contribution >= 4 is 39.7 Å². The number of rotatable bonds is 7. The van der Waals surface area contributed by atoms with Crippen molar-refractivity contribution in [3.05, 3.63) is 77.0 Å². The molecule has 0 saturated heterocycles. The second kappa shape index (κ2) is 10.2. The number of hydrogen-bond acceptors (Lipinski definition) is 5. The third kappa shape index (κ3) is 4.84. The topological polar surface area (TPSA) is 69.9 Å². The van der Waals surface area contributed by atoms with Gasteiger partial charge in [-0.05, 0) is 61.4 Å². The number of benzene rings is 3. The average Bonchev–Trinajstić information content (AvgIpc) is 3.27. The summed E-state index contributed by atoms with van der Waals surface area (Å²) in [6.45, 7) is 3.81. The van der Waals surface area contributed by atoms with E-state index in [2.05, 4.69) is 5.32 Å². The first kappa shape index (κ1) is 24.2. The van der Waals surface area contributed by atoms with Crippen molar-refractivity contribution in [2.24, 2.45) is 0 Å². The molecule has 6 nitrogen and oxygen atoms in total. The molecule has 0 aliphatic carbocycles. The van der Waals surface area contributed by atoms with Crippen molar-refractivity contribution in [2.75, 3.05) is 26.6 Å². The molecule has 0 radical (unpaired) electrons. The standard InChI is InChI=1S/C28H26ClNO5/c1-16(11-26(31)30-20-8-6-7-19(29)13-20)21-14-22-23(15-35-28(22)17(2)27(21)34-5)18-9-10-24(32-3)25(12-18)33-4/h6-15H,1-5H3,(H,30,31)/b16-11+. The lowest BCUT2D eigenvalue weighted by Gasteiger charge is -2.14. The van der Waals surface area contributed by atoms with Gasteiger partial charge in [0.25, 0.3) is 0 Å². The summed E-state index contributed by atoms with van der Waals surface area (Å²) in [5.41, 5.74) is 5.52. The average molecular weight is 492 g/mol. The van der Waals surface area contributed by atoms with Crippen molar-refractivity contribution in [1.29, 1.82) is 0 Å². The van der Waals surface area contributed by atoms with Crippen LogP contribution in [0.3, 0.4) is 0 Å². The highest BCUT2D eigenvalue weighted by Gasteiger charge is 2.19. The highest BCUT2D eigenvalue weighted by atomic mass is 35.5. The first-order chi connectivity index (χ1) is 16.9. The predicted molar refractivity (Wildman–Crippen MR) is 140 cm³/mol. The molecule has 1 heterocycles. The van der Waals surface area contributed by atoms with E-state index in [0.717, 1.165) is 33.2 Å². The van der Waals surface area contributed by atoms with E-state index in [4.69, 9.17) is 30.2 Å². The van der Waals surface area contributed by atoms with Crippen LogP contribution in [0.2, 0.25) is 5.02 Å². The Morgan fingerprint density at radius 1 is 1.00 bits per heavy atom. The van der Waals surface area contributed by atoms with Gasteiger partial charge in [0.15, 0.2) is 11.5 Å². The molecule has 0 spiro atoms. The molecule has 0 saturated carbocycles. The number of furan rings is 1. The minimum Gasteiger partial charge on any atom is -0.496 e. The second-order valence-corrected chi connectivity index (χ2v) is 8.44. The number of ether oxygens (including phenoxy) is 3. The van der Waals surface area contributed by atoms with Crippen LogP contribution in [0.4, 0.5) is 5.69 Å². The number of aryl methyl sites for hydroxylation is 1. The third-order valence-electron chi connectivity index (χ3n) is 5.81. The largest absolute Gasteiger partial charge is 0.496 e. The highest BCUT2D eigenvalue weighted by molar-refractivity contribution is 6.31. The molecule has 35 heavy (non-hydrogen) atoms. The van der Waals surface area contributed by atoms with Crippen LogP contribution in [0.1, 0.15) is 18.1 Å². The van der Waals surface area contributed by atoms with Gasteiger partial charge in [0.1, 0.15) is 11.3 Å². The summed E-state index contributed by atoms with van der Waals surface area (Å²) >= 11 is 6.03. The maximum absolute atomic E-state index is 12.7. The van der Waals surface area contributed by atoms with Gasteiger partial charge in [-0.1, -0.05) is 23.7 Å². The van der Waals surface area contributed by atoms with Gasteiger partial charge >= 0.3 is 0 Å². The smallest absolute Gasteiger partial charge is 0.248 e. The molecule has 0 aliphatic heterocycles. The zero-order valence-electron chi connectivity index (χ0n) is 20.2. The van der Waals surface area contributed by atoms with E-state index >= 15 is 0 Å². The molecule has 1 N–H and O–H groups in total. The fourth-order valence-electron chi connectivity index (χ4n) is 4.12. The zero-order valence-corrected chi connectivity index (χ0v) is 20.9. The summed E-state index contributed by atoms with van der Waals surface area (Å²) in [5.74, 6) is 1.65. The minimum atomic E-state index is -0.267. The van der Waals surface area contributed by atoms with Gasteiger partial charge in [-0.3, -0.25) is 4.79 Å². The summed E-state index contributed by atoms with van der Waals surface area (Å²) in [7, 11) is 4.81. The van der Waals surface area contributed by atoms with E-state index in [-0.39, 0.29) is 5.91 Å². The fourth-order valence-corrected chi connectivity index (χ4v) is 4.31. The molecule has 7 heteroatoms. The molecule has 0 fully saturated rings. The van der Waals surface area contributed by atoms with Gasteiger partial charge in [0, 0.05) is 38.9 Å². The number of allylic oxidation sites excluding steroid dienone is 1. The lowest BCUT2D eigenvalue weighted by molar-refractivity contribution is -0.111. The SMILES string of the molecule is COc1ccc(-c2coc3c(C)c(OC)c(/C(C)=C/C(=O)Nc4cccc(Cl)c4)cc23)cc1OC. The number of carbonyl (C=O) groups is 1. The van der Waals surface area contributed by atoms with E-state index in [1.54, 1.807) is 57.9 Å². The Balaban J connectivity index is 1.78. The molecule has 0 aliphatic rings. The van der Waals surface area contributed by atoms with Crippen LogP contribution in [-0.4, -0.2) is 27.2 Å². The molecular formula is C28H26ClNO5. The summed E-state index contributed by atoms with van der Waals surface area (Å²) in [6.07, 6.45) is 3.26. The van der Waals surface area contributed by atoms with Crippen molar-refractivity contribution in [3.63, 3.8) is 0 Å². The van der Waals surface area contributed by atoms with E-state index < -0.39 is 0 Å². The molecule has 1 aromatic heterocycles. The van der Waals surface area contributed by atoms with Crippen LogP contribution in [0, 0.1) is 6.92 Å². The maximum Gasteiger partial charge on any atom is 0.248 e. The van der Waals surface area contributed by atoms with Crippen LogP contribution in [0.15, 0.2) is 65.3 Å². The first-order valence-corrected chi connectivity index (χ1v) is 11.3. The molecule has 0 bridgehead atoms. The van der Waals surface area contributed by atoms with Crippen LogP contribution >= 0.6 is 11.6 Å². The quantitative estimate of drug-likeness (QED) is 0.278. The molecule has 0 unspecified atom stereocenters. The molecular weight excluding hydrogens is 466 g/mol. The molecule has 4 rings (SSSR count). The second-order valence-electron chi connectivity index (χ2n) is 8.01. The van der Waals surface area contributed by atoms with Gasteiger partial charge < -0.3 is 23.9 Å². The van der Waals surface area contributed by atoms with Crippen molar-refractivity contribution in [2.45, 2.75) is 13.8 Å². The number of methoxy groups -OCH3 is 3. The van der Waals surface area contributed by atoms with Crippen LogP contribution in [0.5, 0.6) is 17.2 Å². The van der Waals surface area contributed by atoms with Crippen molar-refractivity contribution in [1.82, 2.24) is 0 Å². The summed E-state index contributed by atoms with van der Waals surface area (Å²) in [5, 5.41) is 4.29. The first-order valence-electron chi connectivity index (χ1n) is 10.9. The molecule has 4 aromatic rings. The number of anilines is 1. The lowest BCUT2D eigenvalue weighted by Crippen LogP contribution is -2.08. The Bertz CT molecular complexity index is 1440. The van der Waals surface area contributed by atoms with Gasteiger partial charge in [-0.25, -0.2) is 0 Å². The van der Waals surface area contributed by atoms with Crippen molar-refractivity contribution < 1.29 is 23.4 Å². The molecule has 180 valence electrons. The number of hydrogen-bond donors (Lipinski definition) is 1. The maximum atomic E-state index is 12.7. The Hall–Kier alpha value is -3.90. The van der Waals surface area contributed by atoms with E-state index in [0.29, 0.717) is 33.5 Å². The van der Waals surface area contributed by atoms with Gasteiger partial charge in [0.2, 0.25) is 5.91 Å². The Morgan fingerprint density at radius 3 is 2.46 bits per heavy atom. The Morgan fingerprint density at radius 2 is 1.77 bits per heavy atom. The van der Waals surface area contributed by atoms with Gasteiger partial charge in [0.05, 0.1) is 27.6 Å². The number of halogens is 1. The number of carbonyl (C=O) groups excluding carboxylic acids is 1. The van der Waals surface area contributed by atoms with Crippen molar-refractivity contribution in [3.8, 4) is 28.4 Å². The van der Waals surface area contributed by atoms with E-state index in [1.165, 1.54) is 0 Å². The Labute approximate surface area is 209 Å². The van der Waals surface area contributed by atoms with Crippen LogP contribution in [-0.2, 0) is 4.79 Å². The third-order valence-corrected chi connectivity index (χ3v) is 6.04. The summed E-state index contributed by atoms with van der Waals surface area (Å²) in [6, 6.07) is 14.7. The predicted octanol–water partition coefficient (Wildman–Crippen LogP) is 7.13. The van der Waals surface area contributed by atoms with E-state index in [1.807, 2.05) is 38.1 Å². The van der Waals surface area contributed by atoms with E-state index in [9.17, 15) is 4.79 Å². The van der Waals surface area contributed by atoms with Crippen LogP contribution < -0.4 is 19.5 Å². The Kier molecular flexibility index (Phi) is 7.03. The monoisotopic (exact) mass is 491 g/mol. The van der Waals surface area contributed by atoms with Crippen LogP contribution in [0.25, 0.3) is 27.7 Å². The lowest BCUT2D eigenvalue weighted by atomic mass is 9.96. The highest BCUT2D eigenvalue weighted by Crippen LogP contribution is 2.42. The molecule has 1 amide bonds. The minimum absolute atomic E-state index is 0.267. The number of amides is 1. The summed E-state index contributed by atoms with van der Waals surface area (Å²) < 4.78 is 22.5. The summed E-state index contributed by atoms with van der Waals surface area (Å²) in [4.78, 5) is 12.7. The fraction of sp³-hybridized carbons (Fsp3) is 0.179. The zero-order chi connectivity index (χ0) is 25.1. The number of nitrogens with one attached hydrogen (secondary N) is 1.